The molecule has 0 fully saturated rings. The summed E-state index contributed by atoms with van der Waals surface area (Å²) in [6, 6.07) is 7.96. The lowest BCUT2D eigenvalue weighted by molar-refractivity contribution is 0.416. The van der Waals surface area contributed by atoms with Crippen LogP contribution in [0.15, 0.2) is 24.3 Å². The fourth-order valence-electron chi connectivity index (χ4n) is 1.95. The molecule has 0 spiro atoms. The molecule has 0 bridgehead atoms. The number of ether oxygens (including phenoxy) is 1. The Morgan fingerprint density at radius 3 is 2.75 bits per heavy atom. The highest BCUT2D eigenvalue weighted by Gasteiger charge is 2.13. The normalized spacial score (nSPS) is 10.4. The Balaban J connectivity index is 2.58. The van der Waals surface area contributed by atoms with Gasteiger partial charge < -0.3 is 4.74 Å². The highest BCUT2D eigenvalue weighted by Crippen LogP contribution is 2.31. The van der Waals surface area contributed by atoms with Gasteiger partial charge in [-0.15, -0.1) is 0 Å². The number of benzene rings is 1. The van der Waals surface area contributed by atoms with E-state index in [1.54, 1.807) is 7.11 Å². The van der Waals surface area contributed by atoms with Crippen LogP contribution in [0.1, 0.15) is 18.2 Å². The number of nitrogens with zero attached hydrogens (tertiary/aromatic N) is 1. The van der Waals surface area contributed by atoms with Gasteiger partial charge in [0.1, 0.15) is 5.75 Å². The summed E-state index contributed by atoms with van der Waals surface area (Å²) in [5.74, 6) is 0.865. The molecule has 2 rings (SSSR count). The van der Waals surface area contributed by atoms with Crippen molar-refractivity contribution in [3.63, 3.8) is 0 Å². The predicted octanol–water partition coefficient (Wildman–Crippen LogP) is 2.96. The molecule has 0 aliphatic heterocycles. The van der Waals surface area contributed by atoms with Crippen LogP contribution >= 0.6 is 0 Å². The van der Waals surface area contributed by atoms with Gasteiger partial charge in [-0.1, -0.05) is 19.1 Å². The van der Waals surface area contributed by atoms with Crippen LogP contribution < -0.4 is 4.74 Å². The first kappa shape index (κ1) is 10.7. The topological polar surface area (TPSA) is 37.9 Å². The van der Waals surface area contributed by atoms with E-state index in [1.807, 2.05) is 31.2 Å². The lowest BCUT2D eigenvalue weighted by Crippen LogP contribution is -1.91. The summed E-state index contributed by atoms with van der Waals surface area (Å²) in [6.07, 6.45) is 0.968. The second-order valence-electron chi connectivity index (χ2n) is 3.73. The van der Waals surface area contributed by atoms with E-state index < -0.39 is 0 Å². The minimum atomic E-state index is 0.865. The van der Waals surface area contributed by atoms with Gasteiger partial charge in [-0.3, -0.25) is 5.10 Å². The summed E-state index contributed by atoms with van der Waals surface area (Å²) in [6.45, 7) is 4.18. The standard InChI is InChI=1S/C13H16N2O/c1-4-10-9(2)14-15-13(10)11-7-5-6-8-12(11)16-3/h5-8H,4H2,1-3H3,(H,14,15). The zero-order valence-electron chi connectivity index (χ0n) is 9.87. The number of hydrogen-bond acceptors (Lipinski definition) is 2. The van der Waals surface area contributed by atoms with Crippen LogP contribution in [0.25, 0.3) is 11.3 Å². The van der Waals surface area contributed by atoms with E-state index in [1.165, 1.54) is 5.56 Å². The van der Waals surface area contributed by atoms with E-state index in [0.717, 1.165) is 29.1 Å². The lowest BCUT2D eigenvalue weighted by Gasteiger charge is -2.07. The number of hydrogen-bond donors (Lipinski definition) is 1. The molecule has 0 saturated carbocycles. The number of aryl methyl sites for hydroxylation is 1. The molecule has 0 saturated heterocycles. The molecular weight excluding hydrogens is 200 g/mol. The van der Waals surface area contributed by atoms with E-state index in [-0.39, 0.29) is 0 Å². The van der Waals surface area contributed by atoms with Crippen molar-refractivity contribution in [3.05, 3.63) is 35.5 Å². The van der Waals surface area contributed by atoms with Crippen LogP contribution in [0.3, 0.4) is 0 Å². The molecule has 2 aromatic rings. The van der Waals surface area contributed by atoms with Crippen molar-refractivity contribution in [2.24, 2.45) is 0 Å². The minimum absolute atomic E-state index is 0.865. The monoisotopic (exact) mass is 216 g/mol. The second kappa shape index (κ2) is 4.39. The highest BCUT2D eigenvalue weighted by molar-refractivity contribution is 5.70. The molecule has 84 valence electrons. The lowest BCUT2D eigenvalue weighted by atomic mass is 10.0. The first-order chi connectivity index (χ1) is 7.77. The molecule has 1 N–H and O–H groups in total. The molecule has 1 aromatic heterocycles. The van der Waals surface area contributed by atoms with Crippen LogP contribution in [-0.2, 0) is 6.42 Å². The van der Waals surface area contributed by atoms with Gasteiger partial charge in [0, 0.05) is 16.8 Å². The van der Waals surface area contributed by atoms with E-state index in [9.17, 15) is 0 Å². The maximum absolute atomic E-state index is 5.35. The zero-order chi connectivity index (χ0) is 11.5. The molecule has 0 atom stereocenters. The Labute approximate surface area is 95.5 Å². The largest absolute Gasteiger partial charge is 0.496 e. The smallest absolute Gasteiger partial charge is 0.128 e. The third kappa shape index (κ3) is 1.69. The van der Waals surface area contributed by atoms with Crippen LogP contribution in [0.4, 0.5) is 0 Å². The zero-order valence-corrected chi connectivity index (χ0v) is 9.87. The Morgan fingerprint density at radius 2 is 2.06 bits per heavy atom. The number of H-pyrrole nitrogens is 1. The first-order valence-corrected chi connectivity index (χ1v) is 5.45. The Kier molecular flexibility index (Phi) is 2.95. The summed E-state index contributed by atoms with van der Waals surface area (Å²) in [7, 11) is 1.68. The third-order valence-electron chi connectivity index (χ3n) is 2.79. The molecular formula is C13H16N2O. The molecule has 0 amide bonds. The predicted molar refractivity (Wildman–Crippen MR) is 64.7 cm³/mol. The van der Waals surface area contributed by atoms with Crippen molar-refractivity contribution in [3.8, 4) is 17.0 Å². The number of nitrogens with one attached hydrogen (secondary N) is 1. The quantitative estimate of drug-likeness (QED) is 0.856. The molecule has 0 aliphatic rings. The highest BCUT2D eigenvalue weighted by atomic mass is 16.5. The SMILES string of the molecule is CCc1c(-c2ccccc2OC)n[nH]c1C. The van der Waals surface area contributed by atoms with Crippen molar-refractivity contribution in [1.29, 1.82) is 0 Å². The molecule has 1 heterocycles. The van der Waals surface area contributed by atoms with Gasteiger partial charge in [0.2, 0.25) is 0 Å². The Morgan fingerprint density at radius 1 is 1.31 bits per heavy atom. The average molecular weight is 216 g/mol. The third-order valence-corrected chi connectivity index (χ3v) is 2.79. The van der Waals surface area contributed by atoms with Crippen molar-refractivity contribution in [2.45, 2.75) is 20.3 Å². The van der Waals surface area contributed by atoms with E-state index in [0.29, 0.717) is 0 Å². The molecule has 0 aliphatic carbocycles. The Bertz CT molecular complexity index is 488. The Hall–Kier alpha value is -1.77. The maximum Gasteiger partial charge on any atom is 0.128 e. The van der Waals surface area contributed by atoms with Crippen LogP contribution in [0.2, 0.25) is 0 Å². The van der Waals surface area contributed by atoms with Gasteiger partial charge in [0.25, 0.3) is 0 Å². The van der Waals surface area contributed by atoms with Crippen molar-refractivity contribution in [1.82, 2.24) is 10.2 Å². The van der Waals surface area contributed by atoms with Gasteiger partial charge in [0.05, 0.1) is 12.8 Å². The van der Waals surface area contributed by atoms with Crippen LogP contribution in [0, 0.1) is 6.92 Å². The summed E-state index contributed by atoms with van der Waals surface area (Å²) in [5.41, 5.74) is 4.43. The average Bonchev–Trinajstić information content (AvgIpc) is 2.70. The summed E-state index contributed by atoms with van der Waals surface area (Å²) >= 11 is 0. The molecule has 3 heteroatoms. The number of para-hydroxylation sites is 1. The van der Waals surface area contributed by atoms with Crippen LogP contribution in [0.5, 0.6) is 5.75 Å². The van der Waals surface area contributed by atoms with Gasteiger partial charge >= 0.3 is 0 Å². The van der Waals surface area contributed by atoms with Gasteiger partial charge in [0.15, 0.2) is 0 Å². The van der Waals surface area contributed by atoms with E-state index in [2.05, 4.69) is 17.1 Å². The molecule has 0 unspecified atom stereocenters. The van der Waals surface area contributed by atoms with E-state index >= 15 is 0 Å². The fraction of sp³-hybridized carbons (Fsp3) is 0.308. The first-order valence-electron chi connectivity index (χ1n) is 5.45. The molecule has 1 aromatic carbocycles. The maximum atomic E-state index is 5.35. The summed E-state index contributed by atoms with van der Waals surface area (Å²) in [4.78, 5) is 0. The summed E-state index contributed by atoms with van der Waals surface area (Å²) in [5, 5.41) is 7.39. The number of aromatic nitrogens is 2. The van der Waals surface area contributed by atoms with Gasteiger partial charge in [-0.25, -0.2) is 0 Å². The van der Waals surface area contributed by atoms with E-state index in [4.69, 9.17) is 4.74 Å². The fourth-order valence-corrected chi connectivity index (χ4v) is 1.95. The molecule has 0 radical (unpaired) electrons. The van der Waals surface area contributed by atoms with Crippen molar-refractivity contribution >= 4 is 0 Å². The van der Waals surface area contributed by atoms with Gasteiger partial charge in [-0.05, 0) is 25.5 Å². The van der Waals surface area contributed by atoms with Crippen molar-refractivity contribution in [2.75, 3.05) is 7.11 Å². The second-order valence-corrected chi connectivity index (χ2v) is 3.73. The molecule has 16 heavy (non-hydrogen) atoms. The number of aromatic amines is 1. The van der Waals surface area contributed by atoms with Crippen LogP contribution in [-0.4, -0.2) is 17.3 Å². The number of rotatable bonds is 3. The summed E-state index contributed by atoms with van der Waals surface area (Å²) < 4.78 is 5.35. The van der Waals surface area contributed by atoms with Crippen molar-refractivity contribution < 1.29 is 4.74 Å². The minimum Gasteiger partial charge on any atom is -0.496 e. The molecule has 3 nitrogen and oxygen atoms in total. The number of methoxy groups -OCH3 is 1. The van der Waals surface area contributed by atoms with Gasteiger partial charge in [-0.2, -0.15) is 5.10 Å².